The molecule has 2 saturated heterocycles. The summed E-state index contributed by atoms with van der Waals surface area (Å²) in [7, 11) is -3.39. The summed E-state index contributed by atoms with van der Waals surface area (Å²) >= 11 is 0. The maximum Gasteiger partial charge on any atom is 0.282 e. The third kappa shape index (κ3) is 3.09. The highest BCUT2D eigenvalue weighted by Gasteiger charge is 2.37. The summed E-state index contributed by atoms with van der Waals surface area (Å²) in [5, 5.41) is 7.51. The quantitative estimate of drug-likeness (QED) is 0.593. The second-order valence-electron chi connectivity index (χ2n) is 5.62. The molecular formula is C12H24N4O2S. The lowest BCUT2D eigenvalue weighted by molar-refractivity contribution is 0.227. The van der Waals surface area contributed by atoms with Gasteiger partial charge in [-0.25, -0.2) is 0 Å². The van der Waals surface area contributed by atoms with Gasteiger partial charge in [0.2, 0.25) is 0 Å². The molecule has 7 heteroatoms. The lowest BCUT2D eigenvalue weighted by Gasteiger charge is -2.39. The van der Waals surface area contributed by atoms with Crippen molar-refractivity contribution in [2.45, 2.75) is 45.1 Å². The van der Waals surface area contributed by atoms with Gasteiger partial charge in [-0.3, -0.25) is 5.41 Å². The highest BCUT2D eigenvalue weighted by atomic mass is 32.2. The Balaban J connectivity index is 2.12. The van der Waals surface area contributed by atoms with Crippen LogP contribution in [0.3, 0.4) is 0 Å². The first-order chi connectivity index (χ1) is 8.93. The van der Waals surface area contributed by atoms with E-state index in [1.165, 1.54) is 4.31 Å². The number of piperidine rings is 2. The number of nitrogens with one attached hydrogen (secondary N) is 1. The van der Waals surface area contributed by atoms with Crippen molar-refractivity contribution in [3.63, 3.8) is 0 Å². The molecule has 0 aromatic rings. The average Bonchev–Trinajstić information content (AvgIpc) is 2.39. The number of rotatable bonds is 3. The van der Waals surface area contributed by atoms with E-state index >= 15 is 0 Å². The maximum atomic E-state index is 12.7. The van der Waals surface area contributed by atoms with Crippen LogP contribution in [0.1, 0.15) is 39.0 Å². The zero-order valence-corrected chi connectivity index (χ0v) is 12.3. The van der Waals surface area contributed by atoms with Crippen LogP contribution < -0.4 is 5.73 Å². The van der Waals surface area contributed by atoms with E-state index < -0.39 is 10.2 Å². The highest BCUT2D eigenvalue weighted by molar-refractivity contribution is 7.86. The van der Waals surface area contributed by atoms with Gasteiger partial charge in [0.25, 0.3) is 10.2 Å². The summed E-state index contributed by atoms with van der Waals surface area (Å²) in [5.41, 5.74) is 5.53. The molecule has 0 aromatic carbocycles. The van der Waals surface area contributed by atoms with Crippen LogP contribution in [0.4, 0.5) is 0 Å². The van der Waals surface area contributed by atoms with E-state index in [1.807, 2.05) is 6.92 Å². The molecule has 0 saturated carbocycles. The Bertz CT molecular complexity index is 437. The normalized spacial score (nSPS) is 31.2. The van der Waals surface area contributed by atoms with Crippen molar-refractivity contribution in [2.75, 3.05) is 19.6 Å². The molecule has 0 aromatic heterocycles. The van der Waals surface area contributed by atoms with E-state index in [4.69, 9.17) is 11.1 Å². The number of nitrogens with zero attached hydrogens (tertiary/aromatic N) is 2. The fourth-order valence-electron chi connectivity index (χ4n) is 2.97. The first-order valence-corrected chi connectivity index (χ1v) is 8.43. The van der Waals surface area contributed by atoms with Gasteiger partial charge in [-0.15, -0.1) is 0 Å². The van der Waals surface area contributed by atoms with Crippen LogP contribution in [0.25, 0.3) is 0 Å². The zero-order valence-electron chi connectivity index (χ0n) is 11.5. The summed E-state index contributed by atoms with van der Waals surface area (Å²) in [5.74, 6) is -0.0183. The van der Waals surface area contributed by atoms with Crippen molar-refractivity contribution >= 4 is 16.0 Å². The van der Waals surface area contributed by atoms with E-state index in [-0.39, 0.29) is 17.8 Å². The van der Waals surface area contributed by atoms with E-state index in [9.17, 15) is 8.42 Å². The minimum Gasteiger partial charge on any atom is -0.387 e. The molecule has 2 unspecified atom stereocenters. The summed E-state index contributed by atoms with van der Waals surface area (Å²) in [4.78, 5) is 0. The van der Waals surface area contributed by atoms with Crippen molar-refractivity contribution in [3.05, 3.63) is 0 Å². The summed E-state index contributed by atoms with van der Waals surface area (Å²) in [6.07, 6.45) is 4.57. The van der Waals surface area contributed by atoms with Crippen LogP contribution in [-0.4, -0.2) is 48.5 Å². The number of hydrogen-bond donors (Lipinski definition) is 2. The summed E-state index contributed by atoms with van der Waals surface area (Å²) in [6.45, 7) is 3.50. The van der Waals surface area contributed by atoms with E-state index in [0.29, 0.717) is 19.6 Å². The summed E-state index contributed by atoms with van der Waals surface area (Å²) < 4.78 is 28.5. The Kier molecular flexibility index (Phi) is 4.47. The average molecular weight is 288 g/mol. The first kappa shape index (κ1) is 14.7. The van der Waals surface area contributed by atoms with Crippen LogP contribution in [0.15, 0.2) is 0 Å². The monoisotopic (exact) mass is 288 g/mol. The van der Waals surface area contributed by atoms with Crippen LogP contribution in [-0.2, 0) is 10.2 Å². The molecule has 3 N–H and O–H groups in total. The van der Waals surface area contributed by atoms with Gasteiger partial charge < -0.3 is 5.73 Å². The smallest absolute Gasteiger partial charge is 0.282 e. The van der Waals surface area contributed by atoms with Gasteiger partial charge >= 0.3 is 0 Å². The Morgan fingerprint density at radius 2 is 1.95 bits per heavy atom. The maximum absolute atomic E-state index is 12.7. The molecule has 19 heavy (non-hydrogen) atoms. The summed E-state index contributed by atoms with van der Waals surface area (Å²) in [6, 6.07) is 0.0801. The molecule has 2 heterocycles. The van der Waals surface area contributed by atoms with Crippen LogP contribution >= 0.6 is 0 Å². The van der Waals surface area contributed by atoms with Crippen LogP contribution in [0.2, 0.25) is 0 Å². The molecule has 2 rings (SSSR count). The minimum absolute atomic E-state index is 0.0801. The molecule has 2 aliphatic rings. The first-order valence-electron chi connectivity index (χ1n) is 7.03. The van der Waals surface area contributed by atoms with Gasteiger partial charge in [0, 0.05) is 31.6 Å². The lowest BCUT2D eigenvalue weighted by Crippen LogP contribution is -2.53. The molecule has 0 spiro atoms. The molecule has 110 valence electrons. The van der Waals surface area contributed by atoms with Gasteiger partial charge in [-0.2, -0.15) is 17.0 Å². The van der Waals surface area contributed by atoms with Gasteiger partial charge in [-0.1, -0.05) is 6.42 Å². The fourth-order valence-corrected chi connectivity index (χ4v) is 4.91. The standard InChI is InChI=1S/C12H24N4O2S/c1-10-5-2-3-8-16(10)19(17,18)15-7-4-6-11(9-15)12(13)14/h10-11H,2-9H2,1H3,(H3,13,14). The van der Waals surface area contributed by atoms with Crippen LogP contribution in [0, 0.1) is 11.3 Å². The number of nitrogens with two attached hydrogens (primary N) is 1. The molecule has 6 nitrogen and oxygen atoms in total. The molecule has 2 aliphatic heterocycles. The Hall–Kier alpha value is -0.660. The topological polar surface area (TPSA) is 90.5 Å². The van der Waals surface area contributed by atoms with Crippen molar-refractivity contribution < 1.29 is 8.42 Å². The predicted octanol–water partition coefficient (Wildman–Crippen LogP) is 0.754. The molecule has 2 fully saturated rings. The third-order valence-corrected chi connectivity index (χ3v) is 6.31. The van der Waals surface area contributed by atoms with E-state index in [1.54, 1.807) is 4.31 Å². The van der Waals surface area contributed by atoms with Gasteiger partial charge in [0.15, 0.2) is 0 Å². The van der Waals surface area contributed by atoms with E-state index in [0.717, 1.165) is 32.1 Å². The fraction of sp³-hybridized carbons (Fsp3) is 0.917. The second-order valence-corrected chi connectivity index (χ2v) is 7.50. The Morgan fingerprint density at radius 1 is 1.21 bits per heavy atom. The molecule has 0 bridgehead atoms. The molecular weight excluding hydrogens is 264 g/mol. The SMILES string of the molecule is CC1CCCCN1S(=O)(=O)N1CCCC(C(=N)N)C1. The lowest BCUT2D eigenvalue weighted by atomic mass is 9.99. The predicted molar refractivity (Wildman–Crippen MR) is 75.1 cm³/mol. The minimum atomic E-state index is -3.39. The van der Waals surface area contributed by atoms with Crippen LogP contribution in [0.5, 0.6) is 0 Å². The van der Waals surface area contributed by atoms with Crippen molar-refractivity contribution in [1.82, 2.24) is 8.61 Å². The number of hydrogen-bond acceptors (Lipinski definition) is 3. The zero-order chi connectivity index (χ0) is 14.0. The Labute approximate surface area is 115 Å². The molecule has 0 radical (unpaired) electrons. The highest BCUT2D eigenvalue weighted by Crippen LogP contribution is 2.26. The van der Waals surface area contributed by atoms with Crippen molar-refractivity contribution in [2.24, 2.45) is 11.7 Å². The van der Waals surface area contributed by atoms with E-state index in [2.05, 4.69) is 0 Å². The van der Waals surface area contributed by atoms with Crippen molar-refractivity contribution in [1.29, 1.82) is 5.41 Å². The molecule has 0 amide bonds. The Morgan fingerprint density at radius 3 is 2.58 bits per heavy atom. The van der Waals surface area contributed by atoms with Gasteiger partial charge in [0.05, 0.1) is 5.84 Å². The molecule has 2 atom stereocenters. The van der Waals surface area contributed by atoms with Gasteiger partial charge in [0.1, 0.15) is 0 Å². The second kappa shape index (κ2) is 5.76. The largest absolute Gasteiger partial charge is 0.387 e. The molecule has 0 aliphatic carbocycles. The van der Waals surface area contributed by atoms with Crippen molar-refractivity contribution in [3.8, 4) is 0 Å². The third-order valence-electron chi connectivity index (χ3n) is 4.19. The van der Waals surface area contributed by atoms with Gasteiger partial charge in [-0.05, 0) is 32.6 Å². The number of amidine groups is 1.